The summed E-state index contributed by atoms with van der Waals surface area (Å²) in [6, 6.07) is 9.47. The molecule has 1 fully saturated rings. The summed E-state index contributed by atoms with van der Waals surface area (Å²) in [6.45, 7) is 3.23. The largest absolute Gasteiger partial charge is 0.368 e. The van der Waals surface area contributed by atoms with Gasteiger partial charge in [-0.25, -0.2) is 9.97 Å². The van der Waals surface area contributed by atoms with Crippen molar-refractivity contribution in [2.24, 2.45) is 0 Å². The Morgan fingerprint density at radius 1 is 1.32 bits per heavy atom. The van der Waals surface area contributed by atoms with Crippen LogP contribution in [0.4, 0.5) is 0 Å². The van der Waals surface area contributed by atoms with Crippen molar-refractivity contribution < 1.29 is 9.53 Å². The van der Waals surface area contributed by atoms with Crippen molar-refractivity contribution in [2.75, 3.05) is 19.7 Å². The third-order valence-corrected chi connectivity index (χ3v) is 4.57. The molecule has 3 aromatic heterocycles. The first-order chi connectivity index (χ1) is 12.1. The van der Waals surface area contributed by atoms with Crippen molar-refractivity contribution in [2.45, 2.75) is 13.0 Å². The molecule has 1 unspecified atom stereocenters. The number of imidazole rings is 1. The molecule has 1 saturated heterocycles. The van der Waals surface area contributed by atoms with Crippen LogP contribution in [0.5, 0.6) is 0 Å². The number of hydrogen-bond acceptors (Lipinski definition) is 4. The molecule has 0 spiro atoms. The number of nitrogens with zero attached hydrogens (tertiary/aromatic N) is 4. The van der Waals surface area contributed by atoms with Gasteiger partial charge in [-0.15, -0.1) is 0 Å². The Morgan fingerprint density at radius 2 is 2.20 bits per heavy atom. The van der Waals surface area contributed by atoms with Gasteiger partial charge >= 0.3 is 0 Å². The van der Waals surface area contributed by atoms with E-state index in [1.165, 1.54) is 0 Å². The highest BCUT2D eigenvalue weighted by Crippen LogP contribution is 2.25. The Labute approximate surface area is 150 Å². The lowest BCUT2D eigenvalue weighted by atomic mass is 10.1. The number of halogens is 1. The number of carbonyl (C=O) groups is 1. The van der Waals surface area contributed by atoms with Crippen molar-refractivity contribution >= 4 is 23.2 Å². The Morgan fingerprint density at radius 3 is 3.04 bits per heavy atom. The molecule has 0 aromatic carbocycles. The molecule has 6 nitrogen and oxygen atoms in total. The normalized spacial score (nSPS) is 17.8. The van der Waals surface area contributed by atoms with E-state index in [0.717, 1.165) is 22.7 Å². The Balaban J connectivity index is 1.69. The van der Waals surface area contributed by atoms with Crippen LogP contribution in [0.3, 0.4) is 0 Å². The number of morpholine rings is 1. The summed E-state index contributed by atoms with van der Waals surface area (Å²) in [6.07, 6.45) is 3.38. The van der Waals surface area contributed by atoms with Gasteiger partial charge in [0.15, 0.2) is 0 Å². The molecule has 1 atom stereocenters. The molecule has 1 amide bonds. The molecule has 128 valence electrons. The van der Waals surface area contributed by atoms with Crippen LogP contribution in [0.15, 0.2) is 42.7 Å². The zero-order valence-corrected chi connectivity index (χ0v) is 14.5. The van der Waals surface area contributed by atoms with E-state index < -0.39 is 0 Å². The van der Waals surface area contributed by atoms with E-state index in [4.69, 9.17) is 21.3 Å². The van der Waals surface area contributed by atoms with Crippen LogP contribution >= 0.6 is 11.6 Å². The quantitative estimate of drug-likeness (QED) is 0.708. The molecule has 0 N–H and O–H groups in total. The first kappa shape index (κ1) is 16.1. The third-order valence-electron chi connectivity index (χ3n) is 4.34. The Bertz CT molecular complexity index is 940. The smallest absolute Gasteiger partial charge is 0.219 e. The molecule has 25 heavy (non-hydrogen) atoms. The fraction of sp³-hybridized carbons (Fsp3) is 0.278. The van der Waals surface area contributed by atoms with Crippen molar-refractivity contribution in [1.82, 2.24) is 19.3 Å². The van der Waals surface area contributed by atoms with E-state index >= 15 is 0 Å². The number of ether oxygens (including phenoxy) is 1. The molecule has 4 rings (SSSR count). The topological polar surface area (TPSA) is 59.7 Å². The van der Waals surface area contributed by atoms with Crippen LogP contribution in [0.25, 0.3) is 17.0 Å². The summed E-state index contributed by atoms with van der Waals surface area (Å²) >= 11 is 6.11. The fourth-order valence-corrected chi connectivity index (χ4v) is 3.19. The average Bonchev–Trinajstić information content (AvgIpc) is 3.05. The predicted molar refractivity (Wildman–Crippen MR) is 94.4 cm³/mol. The lowest BCUT2D eigenvalue weighted by Crippen LogP contribution is -2.41. The minimum Gasteiger partial charge on any atom is -0.368 e. The van der Waals surface area contributed by atoms with Crippen LogP contribution in [-0.2, 0) is 9.53 Å². The molecular formula is C18H17ClN4O2. The van der Waals surface area contributed by atoms with Gasteiger partial charge in [-0.3, -0.25) is 9.20 Å². The number of amides is 1. The molecule has 7 heteroatoms. The second-order valence-corrected chi connectivity index (χ2v) is 6.43. The second-order valence-electron chi connectivity index (χ2n) is 5.99. The van der Waals surface area contributed by atoms with E-state index in [1.807, 2.05) is 40.9 Å². The van der Waals surface area contributed by atoms with Crippen LogP contribution < -0.4 is 0 Å². The third kappa shape index (κ3) is 3.10. The molecule has 3 aromatic rings. The summed E-state index contributed by atoms with van der Waals surface area (Å²) in [4.78, 5) is 22.6. The zero-order chi connectivity index (χ0) is 17.4. The number of hydrogen-bond donors (Lipinski definition) is 0. The first-order valence-corrected chi connectivity index (χ1v) is 8.46. The van der Waals surface area contributed by atoms with Gasteiger partial charge in [-0.1, -0.05) is 17.7 Å². The summed E-state index contributed by atoms with van der Waals surface area (Å²) in [5.74, 6) is 0.0564. The number of fused-ring (bicyclic) bond motifs is 1. The van der Waals surface area contributed by atoms with E-state index in [9.17, 15) is 4.79 Å². The maximum Gasteiger partial charge on any atom is 0.219 e. The molecular weight excluding hydrogens is 340 g/mol. The van der Waals surface area contributed by atoms with Gasteiger partial charge in [-0.2, -0.15) is 0 Å². The highest BCUT2D eigenvalue weighted by molar-refractivity contribution is 6.30. The highest BCUT2D eigenvalue weighted by Gasteiger charge is 2.24. The lowest BCUT2D eigenvalue weighted by molar-refractivity contribution is -0.136. The molecule has 0 radical (unpaired) electrons. The van der Waals surface area contributed by atoms with Gasteiger partial charge in [0.05, 0.1) is 41.5 Å². The summed E-state index contributed by atoms with van der Waals surface area (Å²) < 4.78 is 7.74. The predicted octanol–water partition coefficient (Wildman–Crippen LogP) is 2.97. The number of aromatic nitrogens is 3. The standard InChI is InChI=1S/C18H17ClN4O2/c1-12(24)22-7-8-25-17(11-22)15-4-2-3-14(21-15)16-9-20-18-6-5-13(19)10-23(16)18/h2-6,9-10,17H,7-8,11H2,1H3. The molecule has 4 heterocycles. The van der Waals surface area contributed by atoms with Crippen molar-refractivity contribution in [3.8, 4) is 11.4 Å². The van der Waals surface area contributed by atoms with Crippen LogP contribution in [0, 0.1) is 0 Å². The molecule has 1 aliphatic heterocycles. The van der Waals surface area contributed by atoms with Gasteiger partial charge in [-0.05, 0) is 24.3 Å². The van der Waals surface area contributed by atoms with Gasteiger partial charge in [0.25, 0.3) is 0 Å². The van der Waals surface area contributed by atoms with Gasteiger partial charge in [0.2, 0.25) is 5.91 Å². The minimum atomic E-state index is -0.222. The SMILES string of the molecule is CC(=O)N1CCOC(c2cccc(-c3cnc4ccc(Cl)cn34)n2)C1. The van der Waals surface area contributed by atoms with Gasteiger partial charge in [0.1, 0.15) is 11.8 Å². The zero-order valence-electron chi connectivity index (χ0n) is 13.7. The summed E-state index contributed by atoms with van der Waals surface area (Å²) in [7, 11) is 0. The van der Waals surface area contributed by atoms with E-state index in [2.05, 4.69) is 4.98 Å². The second kappa shape index (κ2) is 6.46. The number of carbonyl (C=O) groups excluding carboxylic acids is 1. The minimum absolute atomic E-state index is 0.0564. The van der Waals surface area contributed by atoms with Crippen LogP contribution in [0.1, 0.15) is 18.7 Å². The lowest BCUT2D eigenvalue weighted by Gasteiger charge is -2.32. The van der Waals surface area contributed by atoms with Crippen molar-refractivity contribution in [1.29, 1.82) is 0 Å². The Hall–Kier alpha value is -2.44. The maximum atomic E-state index is 11.6. The van der Waals surface area contributed by atoms with Crippen molar-refractivity contribution in [3.05, 3.63) is 53.4 Å². The number of rotatable bonds is 2. The average molecular weight is 357 g/mol. The summed E-state index contributed by atoms with van der Waals surface area (Å²) in [5, 5.41) is 0.635. The maximum absolute atomic E-state index is 11.6. The molecule has 0 aliphatic carbocycles. The van der Waals surface area contributed by atoms with Gasteiger partial charge < -0.3 is 9.64 Å². The molecule has 1 aliphatic rings. The van der Waals surface area contributed by atoms with E-state index in [-0.39, 0.29) is 12.0 Å². The molecule has 0 saturated carbocycles. The van der Waals surface area contributed by atoms with E-state index in [1.54, 1.807) is 18.0 Å². The highest BCUT2D eigenvalue weighted by atomic mass is 35.5. The fourth-order valence-electron chi connectivity index (χ4n) is 3.03. The first-order valence-electron chi connectivity index (χ1n) is 8.09. The van der Waals surface area contributed by atoms with Crippen LogP contribution in [0.2, 0.25) is 5.02 Å². The molecule has 0 bridgehead atoms. The van der Waals surface area contributed by atoms with Gasteiger partial charge in [0, 0.05) is 19.7 Å². The summed E-state index contributed by atoms with van der Waals surface area (Å²) in [5.41, 5.74) is 3.26. The Kier molecular flexibility index (Phi) is 4.15. The van der Waals surface area contributed by atoms with E-state index in [0.29, 0.717) is 24.7 Å². The number of pyridine rings is 2. The van der Waals surface area contributed by atoms with Crippen molar-refractivity contribution in [3.63, 3.8) is 0 Å². The monoisotopic (exact) mass is 356 g/mol. The van der Waals surface area contributed by atoms with Crippen LogP contribution in [-0.4, -0.2) is 44.9 Å².